The zero-order valence-electron chi connectivity index (χ0n) is 12.9. The van der Waals surface area contributed by atoms with Gasteiger partial charge >= 0.3 is 0 Å². The maximum absolute atomic E-state index is 9.31. The standard InChI is InChI=1S/C16H16OS.C2H4OS/c1-12(14-8-4-3-5-9-14)15-10-6-7-11-16(15)17-13(2)18;1-2(3)4/h3-12H,1-2H3;1H3,(H,3,4). The highest BCUT2D eigenvalue weighted by molar-refractivity contribution is 7.96. The lowest BCUT2D eigenvalue weighted by Gasteiger charge is -2.16. The van der Waals surface area contributed by atoms with E-state index in [-0.39, 0.29) is 11.0 Å². The second kappa shape index (κ2) is 9.38. The zero-order chi connectivity index (χ0) is 16.5. The molecule has 0 N–H and O–H groups in total. The van der Waals surface area contributed by atoms with Gasteiger partial charge in [0, 0.05) is 25.3 Å². The number of benzene rings is 2. The molecule has 0 bridgehead atoms. The summed E-state index contributed by atoms with van der Waals surface area (Å²) in [6.45, 7) is 5.36. The van der Waals surface area contributed by atoms with Crippen molar-refractivity contribution in [3.8, 4) is 5.75 Å². The lowest BCUT2D eigenvalue weighted by Crippen LogP contribution is -2.04. The van der Waals surface area contributed by atoms with Crippen molar-refractivity contribution >= 4 is 35.0 Å². The summed E-state index contributed by atoms with van der Waals surface area (Å²) < 4.78 is 5.62. The summed E-state index contributed by atoms with van der Waals surface area (Å²) in [5.41, 5.74) is 2.43. The van der Waals surface area contributed by atoms with Crippen molar-refractivity contribution in [2.45, 2.75) is 26.7 Å². The van der Waals surface area contributed by atoms with Gasteiger partial charge in [-0.15, -0.1) is 12.6 Å². The molecule has 0 spiro atoms. The molecule has 2 nitrogen and oxygen atoms in total. The molecule has 0 heterocycles. The number of para-hydroxylation sites is 1. The summed E-state index contributed by atoms with van der Waals surface area (Å²) in [5, 5.41) is 0.405. The molecule has 2 aromatic carbocycles. The van der Waals surface area contributed by atoms with E-state index in [1.165, 1.54) is 12.5 Å². The maximum atomic E-state index is 9.31. The van der Waals surface area contributed by atoms with E-state index in [0.29, 0.717) is 5.05 Å². The van der Waals surface area contributed by atoms with Crippen LogP contribution in [-0.2, 0) is 4.79 Å². The quantitative estimate of drug-likeness (QED) is 0.631. The van der Waals surface area contributed by atoms with Crippen LogP contribution in [0, 0.1) is 0 Å². The molecule has 116 valence electrons. The third kappa shape index (κ3) is 6.41. The topological polar surface area (TPSA) is 26.3 Å². The van der Waals surface area contributed by atoms with Crippen molar-refractivity contribution in [3.63, 3.8) is 0 Å². The monoisotopic (exact) mass is 332 g/mol. The highest BCUT2D eigenvalue weighted by Gasteiger charge is 2.13. The highest BCUT2D eigenvalue weighted by atomic mass is 32.1. The molecule has 0 saturated carbocycles. The van der Waals surface area contributed by atoms with E-state index in [2.05, 4.69) is 49.9 Å². The second-order valence-corrected chi connectivity index (χ2v) is 5.99. The molecule has 0 aromatic heterocycles. The maximum Gasteiger partial charge on any atom is 0.182 e. The Morgan fingerprint density at radius 2 is 1.55 bits per heavy atom. The van der Waals surface area contributed by atoms with E-state index in [9.17, 15) is 4.79 Å². The van der Waals surface area contributed by atoms with Crippen LogP contribution in [0.25, 0.3) is 0 Å². The summed E-state index contributed by atoms with van der Waals surface area (Å²) in [7, 11) is 0. The van der Waals surface area contributed by atoms with Gasteiger partial charge in [-0.2, -0.15) is 0 Å². The first-order valence-corrected chi connectivity index (χ1v) is 7.79. The molecule has 0 fully saturated rings. The highest BCUT2D eigenvalue weighted by Crippen LogP contribution is 2.31. The number of hydrogen-bond donors (Lipinski definition) is 1. The molecule has 4 heteroatoms. The number of carbonyl (C=O) groups is 1. The van der Waals surface area contributed by atoms with Crippen LogP contribution in [0.3, 0.4) is 0 Å². The van der Waals surface area contributed by atoms with Gasteiger partial charge < -0.3 is 4.74 Å². The number of hydrogen-bond acceptors (Lipinski definition) is 3. The lowest BCUT2D eigenvalue weighted by molar-refractivity contribution is -0.108. The van der Waals surface area contributed by atoms with Crippen molar-refractivity contribution in [1.82, 2.24) is 0 Å². The van der Waals surface area contributed by atoms with E-state index in [1.807, 2.05) is 24.3 Å². The molecular weight excluding hydrogens is 312 g/mol. The Morgan fingerprint density at radius 3 is 2.09 bits per heavy atom. The predicted molar refractivity (Wildman–Crippen MR) is 99.0 cm³/mol. The van der Waals surface area contributed by atoms with Gasteiger partial charge in [-0.3, -0.25) is 4.79 Å². The number of rotatable bonds is 3. The zero-order valence-corrected chi connectivity index (χ0v) is 14.7. The van der Waals surface area contributed by atoms with Crippen molar-refractivity contribution in [2.75, 3.05) is 0 Å². The molecule has 0 aliphatic heterocycles. The van der Waals surface area contributed by atoms with Gasteiger partial charge in [0.15, 0.2) is 10.2 Å². The predicted octanol–water partition coefficient (Wildman–Crippen LogP) is 5.03. The molecular formula is C18H20O2S2. The van der Waals surface area contributed by atoms with Crippen LogP contribution in [0.4, 0.5) is 0 Å². The number of carbonyl (C=O) groups excluding carboxylic acids is 1. The molecule has 1 unspecified atom stereocenters. The molecule has 0 aliphatic rings. The van der Waals surface area contributed by atoms with Crippen LogP contribution in [0.5, 0.6) is 5.75 Å². The van der Waals surface area contributed by atoms with Gasteiger partial charge in [0.1, 0.15) is 5.75 Å². The molecule has 0 saturated heterocycles. The van der Waals surface area contributed by atoms with Gasteiger partial charge in [0.05, 0.1) is 0 Å². The van der Waals surface area contributed by atoms with Crippen LogP contribution in [-0.4, -0.2) is 10.2 Å². The summed E-state index contributed by atoms with van der Waals surface area (Å²) in [5.74, 6) is 1.14. The summed E-state index contributed by atoms with van der Waals surface area (Å²) in [6.07, 6.45) is 0. The third-order valence-electron chi connectivity index (χ3n) is 2.94. The fraction of sp³-hybridized carbons (Fsp3) is 0.222. The fourth-order valence-electron chi connectivity index (χ4n) is 2.01. The van der Waals surface area contributed by atoms with Crippen molar-refractivity contribution in [1.29, 1.82) is 0 Å². The van der Waals surface area contributed by atoms with Crippen LogP contribution in [0.15, 0.2) is 54.6 Å². The van der Waals surface area contributed by atoms with Crippen LogP contribution in [0.2, 0.25) is 0 Å². The average Bonchev–Trinajstić information content (AvgIpc) is 2.47. The normalized spacial score (nSPS) is 10.9. The van der Waals surface area contributed by atoms with Gasteiger partial charge in [0.25, 0.3) is 0 Å². The Kier molecular flexibility index (Phi) is 7.85. The van der Waals surface area contributed by atoms with Crippen LogP contribution < -0.4 is 4.74 Å². The first kappa shape index (κ1) is 18.4. The minimum atomic E-state index is -0.139. The Bertz CT molecular complexity index is 620. The summed E-state index contributed by atoms with van der Waals surface area (Å²) in [4.78, 5) is 9.31. The van der Waals surface area contributed by atoms with E-state index < -0.39 is 0 Å². The molecule has 22 heavy (non-hydrogen) atoms. The molecule has 2 aromatic rings. The SMILES string of the molecule is CC(=O)S.CC(=S)Oc1ccccc1C(C)c1ccccc1. The minimum Gasteiger partial charge on any atom is -0.450 e. The van der Waals surface area contributed by atoms with E-state index in [1.54, 1.807) is 6.92 Å². The van der Waals surface area contributed by atoms with Crippen molar-refractivity contribution in [3.05, 3.63) is 65.7 Å². The lowest BCUT2D eigenvalue weighted by atomic mass is 9.92. The molecule has 0 amide bonds. The van der Waals surface area contributed by atoms with E-state index >= 15 is 0 Å². The van der Waals surface area contributed by atoms with Crippen LogP contribution >= 0.6 is 24.8 Å². The Balaban J connectivity index is 0.000000541. The molecule has 0 aliphatic carbocycles. The molecule has 2 rings (SSSR count). The Morgan fingerprint density at radius 1 is 1.05 bits per heavy atom. The van der Waals surface area contributed by atoms with Crippen molar-refractivity contribution in [2.24, 2.45) is 0 Å². The Labute approximate surface area is 142 Å². The number of thiocarbonyl (C=S) groups is 1. The summed E-state index contributed by atoms with van der Waals surface area (Å²) >= 11 is 8.35. The second-order valence-electron chi connectivity index (χ2n) is 4.78. The van der Waals surface area contributed by atoms with Gasteiger partial charge in [-0.25, -0.2) is 0 Å². The van der Waals surface area contributed by atoms with Gasteiger partial charge in [-0.05, 0) is 23.8 Å². The average molecular weight is 332 g/mol. The minimum absolute atomic E-state index is 0.139. The van der Waals surface area contributed by atoms with Gasteiger partial charge in [0.2, 0.25) is 0 Å². The molecule has 1 atom stereocenters. The number of thiol groups is 1. The number of ether oxygens (including phenoxy) is 1. The van der Waals surface area contributed by atoms with Gasteiger partial charge in [-0.1, -0.05) is 55.5 Å². The van der Waals surface area contributed by atoms with E-state index in [0.717, 1.165) is 11.3 Å². The largest absolute Gasteiger partial charge is 0.450 e. The molecule has 0 radical (unpaired) electrons. The van der Waals surface area contributed by atoms with Crippen molar-refractivity contribution < 1.29 is 9.53 Å². The smallest absolute Gasteiger partial charge is 0.182 e. The first-order valence-electron chi connectivity index (χ1n) is 6.93. The summed E-state index contributed by atoms with van der Waals surface area (Å²) in [6, 6.07) is 18.4. The fourth-order valence-corrected chi connectivity index (χ4v) is 2.10. The first-order chi connectivity index (χ1) is 10.4. The van der Waals surface area contributed by atoms with Crippen LogP contribution in [0.1, 0.15) is 37.8 Å². The third-order valence-corrected chi connectivity index (χ3v) is 3.02. The van der Waals surface area contributed by atoms with E-state index in [4.69, 9.17) is 17.0 Å². The Hall–Kier alpha value is -1.65.